The smallest absolute Gasteiger partial charge is 0.315 e. The zero-order valence-electron chi connectivity index (χ0n) is 12.3. The third kappa shape index (κ3) is 7.38. The van der Waals surface area contributed by atoms with Crippen LogP contribution in [0.25, 0.3) is 0 Å². The molecule has 0 radical (unpaired) electrons. The molecule has 0 aromatic heterocycles. The minimum atomic E-state index is -0.314. The first kappa shape index (κ1) is 16.2. The zero-order chi connectivity index (χ0) is 14.1. The van der Waals surface area contributed by atoms with Gasteiger partial charge in [-0.1, -0.05) is 13.3 Å². The lowest BCUT2D eigenvalue weighted by Crippen LogP contribution is -2.47. The van der Waals surface area contributed by atoms with Gasteiger partial charge in [0.25, 0.3) is 0 Å². The van der Waals surface area contributed by atoms with E-state index in [0.717, 1.165) is 26.1 Å². The van der Waals surface area contributed by atoms with E-state index in [0.29, 0.717) is 13.0 Å². The molecule has 0 spiro atoms. The van der Waals surface area contributed by atoms with Crippen molar-refractivity contribution in [1.82, 2.24) is 15.5 Å². The molecular weight excluding hydrogens is 242 g/mol. The molecule has 1 saturated heterocycles. The van der Waals surface area contributed by atoms with Crippen LogP contribution >= 0.6 is 0 Å². The van der Waals surface area contributed by atoms with Crippen LogP contribution < -0.4 is 10.6 Å². The van der Waals surface area contributed by atoms with Crippen LogP contribution in [0.15, 0.2) is 0 Å². The van der Waals surface area contributed by atoms with Crippen LogP contribution in [0.4, 0.5) is 4.79 Å². The summed E-state index contributed by atoms with van der Waals surface area (Å²) in [4.78, 5) is 14.1. The topological polar surface area (TPSA) is 64.6 Å². The molecule has 19 heavy (non-hydrogen) atoms. The van der Waals surface area contributed by atoms with Gasteiger partial charge in [0.1, 0.15) is 0 Å². The van der Waals surface area contributed by atoms with E-state index in [1.807, 2.05) is 13.8 Å². The Morgan fingerprint density at radius 1 is 1.32 bits per heavy atom. The lowest BCUT2D eigenvalue weighted by Gasteiger charge is -2.29. The van der Waals surface area contributed by atoms with Gasteiger partial charge in [-0.15, -0.1) is 0 Å². The molecule has 5 heteroatoms. The van der Waals surface area contributed by atoms with E-state index >= 15 is 0 Å². The number of carbonyl (C=O) groups is 1. The fourth-order valence-electron chi connectivity index (χ4n) is 2.41. The molecule has 112 valence electrons. The van der Waals surface area contributed by atoms with Gasteiger partial charge in [-0.05, 0) is 45.7 Å². The van der Waals surface area contributed by atoms with Gasteiger partial charge < -0.3 is 20.6 Å². The zero-order valence-corrected chi connectivity index (χ0v) is 12.3. The SMILES string of the molecule is CCC(O)CCNC(=O)NC(C)CN1CCCCC1. The summed E-state index contributed by atoms with van der Waals surface area (Å²) in [6, 6.07) is 0.0296. The summed E-state index contributed by atoms with van der Waals surface area (Å²) in [6.07, 6.45) is 4.91. The van der Waals surface area contributed by atoms with Crippen LogP contribution in [0.2, 0.25) is 0 Å². The molecule has 0 aliphatic carbocycles. The van der Waals surface area contributed by atoms with Gasteiger partial charge in [0.15, 0.2) is 0 Å². The highest BCUT2D eigenvalue weighted by atomic mass is 16.3. The highest BCUT2D eigenvalue weighted by molar-refractivity contribution is 5.74. The van der Waals surface area contributed by atoms with Crippen LogP contribution in [0, 0.1) is 0 Å². The van der Waals surface area contributed by atoms with Crippen molar-refractivity contribution in [3.05, 3.63) is 0 Å². The number of hydrogen-bond donors (Lipinski definition) is 3. The summed E-state index contributed by atoms with van der Waals surface area (Å²) in [5.74, 6) is 0. The largest absolute Gasteiger partial charge is 0.393 e. The molecule has 1 aliphatic heterocycles. The number of amides is 2. The second-order valence-electron chi connectivity index (χ2n) is 5.51. The summed E-state index contributed by atoms with van der Waals surface area (Å²) in [5, 5.41) is 15.1. The Morgan fingerprint density at radius 3 is 2.63 bits per heavy atom. The van der Waals surface area contributed by atoms with Crippen molar-refractivity contribution in [2.75, 3.05) is 26.2 Å². The fourth-order valence-corrected chi connectivity index (χ4v) is 2.41. The lowest BCUT2D eigenvalue weighted by atomic mass is 10.1. The monoisotopic (exact) mass is 271 g/mol. The second-order valence-corrected chi connectivity index (χ2v) is 5.51. The van der Waals surface area contributed by atoms with Crippen LogP contribution in [0.1, 0.15) is 46.0 Å². The number of rotatable bonds is 7. The molecule has 0 aromatic carbocycles. The Labute approximate surface area is 116 Å². The average Bonchev–Trinajstić information content (AvgIpc) is 2.39. The van der Waals surface area contributed by atoms with E-state index in [1.165, 1.54) is 19.3 Å². The minimum absolute atomic E-state index is 0.132. The van der Waals surface area contributed by atoms with Crippen molar-refractivity contribution in [2.24, 2.45) is 0 Å². The molecule has 2 atom stereocenters. The number of nitrogens with one attached hydrogen (secondary N) is 2. The van der Waals surface area contributed by atoms with Gasteiger partial charge in [-0.25, -0.2) is 4.79 Å². The maximum absolute atomic E-state index is 11.6. The molecule has 0 bridgehead atoms. The summed E-state index contributed by atoms with van der Waals surface area (Å²) in [6.45, 7) is 7.72. The number of aliphatic hydroxyl groups excluding tert-OH is 1. The number of likely N-dealkylation sites (tertiary alicyclic amines) is 1. The summed E-state index contributed by atoms with van der Waals surface area (Å²) in [7, 11) is 0. The first-order valence-electron chi connectivity index (χ1n) is 7.56. The number of aliphatic hydroxyl groups is 1. The van der Waals surface area contributed by atoms with Crippen LogP contribution in [-0.2, 0) is 0 Å². The normalized spacial score (nSPS) is 19.7. The first-order chi connectivity index (χ1) is 9.11. The van der Waals surface area contributed by atoms with E-state index in [2.05, 4.69) is 15.5 Å². The molecule has 5 nitrogen and oxygen atoms in total. The van der Waals surface area contributed by atoms with Gasteiger partial charge in [0.2, 0.25) is 0 Å². The molecule has 1 aliphatic rings. The lowest BCUT2D eigenvalue weighted by molar-refractivity contribution is 0.159. The van der Waals surface area contributed by atoms with Gasteiger partial charge in [-0.2, -0.15) is 0 Å². The average molecular weight is 271 g/mol. The van der Waals surface area contributed by atoms with E-state index in [1.54, 1.807) is 0 Å². The van der Waals surface area contributed by atoms with E-state index in [4.69, 9.17) is 0 Å². The first-order valence-corrected chi connectivity index (χ1v) is 7.56. The van der Waals surface area contributed by atoms with Crippen molar-refractivity contribution in [2.45, 2.75) is 58.1 Å². The van der Waals surface area contributed by atoms with Crippen molar-refractivity contribution in [3.63, 3.8) is 0 Å². The molecule has 1 rings (SSSR count). The van der Waals surface area contributed by atoms with E-state index < -0.39 is 0 Å². The van der Waals surface area contributed by atoms with E-state index in [-0.39, 0.29) is 18.2 Å². The van der Waals surface area contributed by atoms with Gasteiger partial charge in [0, 0.05) is 19.1 Å². The summed E-state index contributed by atoms with van der Waals surface area (Å²) < 4.78 is 0. The minimum Gasteiger partial charge on any atom is -0.393 e. The third-order valence-electron chi connectivity index (χ3n) is 3.59. The van der Waals surface area contributed by atoms with Crippen molar-refractivity contribution in [1.29, 1.82) is 0 Å². The van der Waals surface area contributed by atoms with E-state index in [9.17, 15) is 9.90 Å². The van der Waals surface area contributed by atoms with Gasteiger partial charge >= 0.3 is 6.03 Å². The standard InChI is InChI=1S/C14H29N3O2/c1-3-13(18)7-8-15-14(19)16-12(2)11-17-9-5-4-6-10-17/h12-13,18H,3-11H2,1-2H3,(H2,15,16,19). The Hall–Kier alpha value is -0.810. The molecule has 2 unspecified atom stereocenters. The number of piperidine rings is 1. The number of urea groups is 1. The highest BCUT2D eigenvalue weighted by Gasteiger charge is 2.14. The van der Waals surface area contributed by atoms with Crippen molar-refractivity contribution >= 4 is 6.03 Å². The fraction of sp³-hybridized carbons (Fsp3) is 0.929. The van der Waals surface area contributed by atoms with Crippen LogP contribution in [-0.4, -0.2) is 54.4 Å². The highest BCUT2D eigenvalue weighted by Crippen LogP contribution is 2.08. The number of hydrogen-bond acceptors (Lipinski definition) is 3. The number of carbonyl (C=O) groups excluding carboxylic acids is 1. The molecule has 1 heterocycles. The molecule has 1 fully saturated rings. The quantitative estimate of drug-likeness (QED) is 0.654. The Morgan fingerprint density at radius 2 is 2.00 bits per heavy atom. The van der Waals surface area contributed by atoms with Crippen molar-refractivity contribution < 1.29 is 9.90 Å². The molecule has 0 saturated carbocycles. The Kier molecular flexibility index (Phi) is 7.82. The second kappa shape index (κ2) is 9.15. The van der Waals surface area contributed by atoms with Crippen LogP contribution in [0.3, 0.4) is 0 Å². The van der Waals surface area contributed by atoms with Crippen molar-refractivity contribution in [3.8, 4) is 0 Å². The summed E-state index contributed by atoms with van der Waals surface area (Å²) in [5.41, 5.74) is 0. The molecular formula is C14H29N3O2. The Balaban J connectivity index is 2.09. The third-order valence-corrected chi connectivity index (χ3v) is 3.59. The Bertz CT molecular complexity index is 255. The molecule has 3 N–H and O–H groups in total. The van der Waals surface area contributed by atoms with Gasteiger partial charge in [0.05, 0.1) is 6.10 Å². The molecule has 0 aromatic rings. The van der Waals surface area contributed by atoms with Crippen LogP contribution in [0.5, 0.6) is 0 Å². The predicted octanol–water partition coefficient (Wildman–Crippen LogP) is 1.32. The molecule has 2 amide bonds. The van der Waals surface area contributed by atoms with Gasteiger partial charge in [-0.3, -0.25) is 0 Å². The summed E-state index contributed by atoms with van der Waals surface area (Å²) >= 11 is 0. The maximum atomic E-state index is 11.6. The predicted molar refractivity (Wildman–Crippen MR) is 77.2 cm³/mol. The maximum Gasteiger partial charge on any atom is 0.315 e. The number of nitrogens with zero attached hydrogens (tertiary/aromatic N) is 1.